The van der Waals surface area contributed by atoms with Crippen molar-refractivity contribution in [3.05, 3.63) is 0 Å². The van der Waals surface area contributed by atoms with Crippen LogP contribution in [0.25, 0.3) is 0 Å². The number of hydrogen-bond acceptors (Lipinski definition) is 0. The number of halogens is 4. The molecule has 2 radical (unpaired) electrons. The molecule has 0 aliphatic heterocycles. The van der Waals surface area contributed by atoms with Gasteiger partial charge in [0.25, 0.3) is 0 Å². The molecule has 0 aromatic rings. The average Bonchev–Trinajstić information content (AvgIpc) is 0. The minimum atomic E-state index is 0. The van der Waals surface area contributed by atoms with E-state index >= 15 is 0 Å². The fraction of sp³-hybridized carbons (Fsp3) is 0. The molecule has 0 aliphatic carbocycles. The van der Waals surface area contributed by atoms with Crippen LogP contribution in [0, 0.1) is 0 Å². The van der Waals surface area contributed by atoms with Gasteiger partial charge in [0.1, 0.15) is 0 Å². The third-order valence-corrected chi connectivity index (χ3v) is 0. The molecular weight excluding hydrogens is 824 g/mol. The summed E-state index contributed by atoms with van der Waals surface area (Å²) >= 11 is 0. The minimum Gasteiger partial charge on any atom is -1.00 e. The largest absolute Gasteiger partial charge is 3.00 e. The average molecular weight is 824 g/mol. The van der Waals surface area contributed by atoms with Crippen LogP contribution >= 0.6 is 0 Å². The molecule has 0 saturated heterocycles. The van der Waals surface area contributed by atoms with E-state index in [1.54, 1.807) is 0 Å². The van der Waals surface area contributed by atoms with Crippen LogP contribution in [-0.4, -0.2) is 26.2 Å². The molecule has 0 aromatic heterocycles. The van der Waals surface area contributed by atoms with Crippen molar-refractivity contribution < 1.29 is 118 Å². The Hall–Kier alpha value is 4.54. The van der Waals surface area contributed by atoms with Gasteiger partial charge in [0.15, 0.2) is 0 Å². The first-order chi connectivity index (χ1) is 0. The van der Waals surface area contributed by atoms with Crippen LogP contribution in [0.1, 0.15) is 0 Å². The van der Waals surface area contributed by atoms with E-state index < -0.39 is 0 Å². The Balaban J connectivity index is 0. The number of rotatable bonds is 0. The second kappa shape index (κ2) is 33.7. The van der Waals surface area contributed by atoms with E-state index in [1.165, 1.54) is 0 Å². The molecular formula is AgBiI4. The Morgan fingerprint density at radius 3 is 0.500 bits per heavy atom. The van der Waals surface area contributed by atoms with Gasteiger partial charge >= 0.3 is 48.6 Å². The van der Waals surface area contributed by atoms with Crippen LogP contribution in [0.3, 0.4) is 0 Å². The van der Waals surface area contributed by atoms with Gasteiger partial charge in [0.2, 0.25) is 0 Å². The van der Waals surface area contributed by atoms with Crippen LogP contribution in [-0.2, 0) is 22.4 Å². The van der Waals surface area contributed by atoms with Crippen molar-refractivity contribution in [3.63, 3.8) is 0 Å². The van der Waals surface area contributed by atoms with Crippen molar-refractivity contribution >= 4 is 26.2 Å². The number of hydrogen-bond donors (Lipinski definition) is 0. The second-order valence-corrected chi connectivity index (χ2v) is 0. The fourth-order valence-electron chi connectivity index (χ4n) is 0. The Bertz CT molecular complexity index is 7.51. The zero-order valence-corrected chi connectivity index (χ0v) is 15.8. The third-order valence-electron chi connectivity index (χ3n) is 0. The van der Waals surface area contributed by atoms with Crippen molar-refractivity contribution in [1.82, 2.24) is 0 Å². The molecule has 0 atom stereocenters. The predicted octanol–water partition coefficient (Wildman–Crippen LogP) is -12.4. The summed E-state index contributed by atoms with van der Waals surface area (Å²) in [5.41, 5.74) is 0. The summed E-state index contributed by atoms with van der Waals surface area (Å²) in [6.45, 7) is 0. The normalized spacial score (nSPS) is 0. The molecule has 0 bridgehead atoms. The summed E-state index contributed by atoms with van der Waals surface area (Å²) < 4.78 is 0. The molecule has 0 aromatic carbocycles. The maximum atomic E-state index is 0. The van der Waals surface area contributed by atoms with Gasteiger partial charge in [-0.1, -0.05) is 0 Å². The van der Waals surface area contributed by atoms with E-state index in [1.807, 2.05) is 0 Å². The molecule has 0 heterocycles. The topological polar surface area (TPSA) is 0 Å². The maximum absolute atomic E-state index is 0. The first-order valence-corrected chi connectivity index (χ1v) is 0. The van der Waals surface area contributed by atoms with Crippen LogP contribution in [0.4, 0.5) is 0 Å². The molecule has 0 unspecified atom stereocenters. The summed E-state index contributed by atoms with van der Waals surface area (Å²) in [4.78, 5) is 0. The Morgan fingerprint density at radius 2 is 0.500 bits per heavy atom. The maximum Gasteiger partial charge on any atom is 3.00 e. The molecule has 0 fully saturated rings. The van der Waals surface area contributed by atoms with E-state index in [9.17, 15) is 0 Å². The van der Waals surface area contributed by atoms with E-state index in [0.29, 0.717) is 0 Å². The zero-order chi connectivity index (χ0) is 0. The smallest absolute Gasteiger partial charge is 1.00 e. The van der Waals surface area contributed by atoms with Crippen molar-refractivity contribution in [1.29, 1.82) is 0 Å². The van der Waals surface area contributed by atoms with Gasteiger partial charge in [0.05, 0.1) is 0 Å². The molecule has 0 N–H and O–H groups in total. The first kappa shape index (κ1) is 46.5. The molecule has 0 amide bonds. The minimum absolute atomic E-state index is 0. The summed E-state index contributed by atoms with van der Waals surface area (Å²) in [5, 5.41) is 0. The predicted molar refractivity (Wildman–Crippen MR) is 5.75 cm³/mol. The van der Waals surface area contributed by atoms with Crippen molar-refractivity contribution in [2.75, 3.05) is 0 Å². The van der Waals surface area contributed by atoms with Gasteiger partial charge in [0, 0.05) is 0 Å². The van der Waals surface area contributed by atoms with Crippen molar-refractivity contribution in [2.24, 2.45) is 0 Å². The zero-order valence-electron chi connectivity index (χ0n) is 2.26. The van der Waals surface area contributed by atoms with Crippen LogP contribution in [0.15, 0.2) is 0 Å². The van der Waals surface area contributed by atoms with Crippen molar-refractivity contribution in [2.45, 2.75) is 0 Å². The van der Waals surface area contributed by atoms with E-state index in [2.05, 4.69) is 0 Å². The Labute approximate surface area is 141 Å². The van der Waals surface area contributed by atoms with E-state index in [0.717, 1.165) is 0 Å². The molecule has 0 rings (SSSR count). The second-order valence-electron chi connectivity index (χ2n) is 0. The Kier molecular flexibility index (Phi) is 262. The molecule has 0 saturated carbocycles. The van der Waals surface area contributed by atoms with Gasteiger partial charge in [-0.25, -0.2) is 0 Å². The Morgan fingerprint density at radius 1 is 0.500 bits per heavy atom. The summed E-state index contributed by atoms with van der Waals surface area (Å²) in [6, 6.07) is 0. The first-order valence-electron chi connectivity index (χ1n) is 0. The molecule has 44 valence electrons. The quantitative estimate of drug-likeness (QED) is 0.169. The van der Waals surface area contributed by atoms with Crippen LogP contribution in [0.2, 0.25) is 0 Å². The molecule has 6 heavy (non-hydrogen) atoms. The summed E-state index contributed by atoms with van der Waals surface area (Å²) in [7, 11) is 0. The van der Waals surface area contributed by atoms with Gasteiger partial charge in [-0.15, -0.1) is 0 Å². The molecule has 6 heteroatoms. The summed E-state index contributed by atoms with van der Waals surface area (Å²) in [5.74, 6) is 0. The fourth-order valence-corrected chi connectivity index (χ4v) is 0. The summed E-state index contributed by atoms with van der Waals surface area (Å²) in [6.07, 6.45) is 0. The van der Waals surface area contributed by atoms with Gasteiger partial charge < -0.3 is 95.9 Å². The monoisotopic (exact) mass is 824 g/mol. The van der Waals surface area contributed by atoms with Crippen molar-refractivity contribution in [3.8, 4) is 0 Å². The SMILES string of the molecule is [Ag+].[Bi+3].[I-].[I-].[I-].[I-]. The van der Waals surface area contributed by atoms with Gasteiger partial charge in [-0.3, -0.25) is 0 Å². The van der Waals surface area contributed by atoms with Gasteiger partial charge in [-0.05, 0) is 0 Å². The molecule has 0 nitrogen and oxygen atoms in total. The van der Waals surface area contributed by atoms with Crippen LogP contribution < -0.4 is 95.9 Å². The van der Waals surface area contributed by atoms with E-state index in [4.69, 9.17) is 0 Å². The molecule has 0 spiro atoms. The molecule has 0 aliphatic rings. The third kappa shape index (κ3) is 23.6. The van der Waals surface area contributed by atoms with Gasteiger partial charge in [-0.2, -0.15) is 0 Å². The van der Waals surface area contributed by atoms with E-state index in [-0.39, 0.29) is 144 Å². The van der Waals surface area contributed by atoms with Crippen LogP contribution in [0.5, 0.6) is 0 Å². The standard InChI is InChI=1S/Ag.Bi.4HI/h;;4*1H/q+1;+3;;;;/p-4.